The number of hydrogen-bond acceptors (Lipinski definition) is 3. The van der Waals surface area contributed by atoms with Gasteiger partial charge in [0, 0.05) is 0 Å². The quantitative estimate of drug-likeness (QED) is 0.575. The van der Waals surface area contributed by atoms with Gasteiger partial charge in [0.25, 0.3) is 5.97 Å². The van der Waals surface area contributed by atoms with E-state index >= 15 is 0 Å². The lowest BCUT2D eigenvalue weighted by molar-refractivity contribution is -0.382. The van der Waals surface area contributed by atoms with Crippen molar-refractivity contribution in [3.63, 3.8) is 0 Å². The molecule has 0 bridgehead atoms. The molecule has 0 aromatic rings. The lowest BCUT2D eigenvalue weighted by Gasteiger charge is -2.42. The summed E-state index contributed by atoms with van der Waals surface area (Å²) in [7, 11) is 0. The van der Waals surface area contributed by atoms with Crippen molar-refractivity contribution in [2.24, 2.45) is 11.3 Å². The van der Waals surface area contributed by atoms with E-state index in [1.165, 1.54) is 0 Å². The van der Waals surface area contributed by atoms with Crippen molar-refractivity contribution >= 4 is 0 Å². The van der Waals surface area contributed by atoms with Gasteiger partial charge in [0.1, 0.15) is 0 Å². The Morgan fingerprint density at radius 3 is 1.46 bits per heavy atom. The molecule has 0 radical (unpaired) electrons. The SMILES string of the molecule is CCC(CC)C(C)(CC)C(O)(O)O. The standard InChI is InChI=1S/C10H22O3/c1-5-8(6-2)9(4,7-3)10(11,12)13/h8,11-13H,5-7H2,1-4H3. The fraction of sp³-hybridized carbons (Fsp3) is 1.00. The molecule has 1 atom stereocenters. The van der Waals surface area contributed by atoms with E-state index in [-0.39, 0.29) is 5.92 Å². The van der Waals surface area contributed by atoms with Gasteiger partial charge in [0.05, 0.1) is 5.41 Å². The zero-order chi connectivity index (χ0) is 10.7. The van der Waals surface area contributed by atoms with Gasteiger partial charge in [-0.05, 0) is 12.3 Å². The maximum absolute atomic E-state index is 9.28. The summed E-state index contributed by atoms with van der Waals surface area (Å²) >= 11 is 0. The molecule has 0 fully saturated rings. The molecule has 0 aliphatic carbocycles. The molecule has 3 heteroatoms. The highest BCUT2D eigenvalue weighted by Crippen LogP contribution is 2.42. The van der Waals surface area contributed by atoms with Crippen molar-refractivity contribution in [1.29, 1.82) is 0 Å². The van der Waals surface area contributed by atoms with Gasteiger partial charge in [-0.3, -0.25) is 0 Å². The highest BCUT2D eigenvalue weighted by molar-refractivity contribution is 4.85. The molecule has 0 spiro atoms. The maximum atomic E-state index is 9.28. The number of rotatable bonds is 5. The van der Waals surface area contributed by atoms with Gasteiger partial charge in [-0.25, -0.2) is 0 Å². The van der Waals surface area contributed by atoms with E-state index in [0.29, 0.717) is 6.42 Å². The van der Waals surface area contributed by atoms with Crippen LogP contribution in [0.15, 0.2) is 0 Å². The molecule has 0 amide bonds. The van der Waals surface area contributed by atoms with Gasteiger partial charge in [-0.15, -0.1) is 0 Å². The fourth-order valence-electron chi connectivity index (χ4n) is 1.99. The van der Waals surface area contributed by atoms with Crippen LogP contribution in [0, 0.1) is 11.3 Å². The zero-order valence-electron chi connectivity index (χ0n) is 9.04. The molecular formula is C10H22O3. The Morgan fingerprint density at radius 1 is 1.00 bits per heavy atom. The maximum Gasteiger partial charge on any atom is 0.281 e. The van der Waals surface area contributed by atoms with E-state index in [0.717, 1.165) is 12.8 Å². The summed E-state index contributed by atoms with van der Waals surface area (Å²) in [6, 6.07) is 0. The smallest absolute Gasteiger partial charge is 0.281 e. The van der Waals surface area contributed by atoms with Gasteiger partial charge in [-0.2, -0.15) is 0 Å². The predicted molar refractivity (Wildman–Crippen MR) is 51.9 cm³/mol. The average molecular weight is 190 g/mol. The van der Waals surface area contributed by atoms with Crippen LogP contribution in [0.4, 0.5) is 0 Å². The molecule has 0 aliphatic rings. The van der Waals surface area contributed by atoms with Gasteiger partial charge in [-0.1, -0.05) is 40.5 Å². The van der Waals surface area contributed by atoms with Gasteiger partial charge < -0.3 is 15.3 Å². The minimum Gasteiger partial charge on any atom is -0.343 e. The van der Waals surface area contributed by atoms with Gasteiger partial charge in [0.2, 0.25) is 0 Å². The van der Waals surface area contributed by atoms with Crippen molar-refractivity contribution < 1.29 is 15.3 Å². The molecule has 3 nitrogen and oxygen atoms in total. The monoisotopic (exact) mass is 190 g/mol. The Kier molecular flexibility index (Phi) is 4.36. The molecule has 1 unspecified atom stereocenters. The lowest BCUT2D eigenvalue weighted by atomic mass is 9.70. The van der Waals surface area contributed by atoms with Crippen molar-refractivity contribution in [2.75, 3.05) is 0 Å². The molecule has 80 valence electrons. The van der Waals surface area contributed by atoms with Crippen molar-refractivity contribution in [3.05, 3.63) is 0 Å². The van der Waals surface area contributed by atoms with Crippen molar-refractivity contribution in [2.45, 2.75) is 52.9 Å². The van der Waals surface area contributed by atoms with E-state index in [1.54, 1.807) is 6.92 Å². The normalized spacial score (nSPS) is 17.5. The van der Waals surface area contributed by atoms with Crippen molar-refractivity contribution in [3.8, 4) is 0 Å². The Balaban J connectivity index is 4.80. The molecule has 0 heterocycles. The minimum atomic E-state index is -2.57. The molecule has 0 saturated carbocycles. The number of aliphatic hydroxyl groups is 3. The lowest BCUT2D eigenvalue weighted by Crippen LogP contribution is -2.50. The van der Waals surface area contributed by atoms with Gasteiger partial charge in [0.15, 0.2) is 0 Å². The summed E-state index contributed by atoms with van der Waals surface area (Å²) in [6.45, 7) is 7.56. The highest BCUT2D eigenvalue weighted by Gasteiger charge is 2.47. The average Bonchev–Trinajstić information content (AvgIpc) is 2.04. The number of hydrogen-bond donors (Lipinski definition) is 3. The van der Waals surface area contributed by atoms with Crippen LogP contribution in [0.25, 0.3) is 0 Å². The van der Waals surface area contributed by atoms with Crippen LogP contribution in [-0.2, 0) is 0 Å². The third kappa shape index (κ3) is 2.42. The van der Waals surface area contributed by atoms with Crippen LogP contribution >= 0.6 is 0 Å². The summed E-state index contributed by atoms with van der Waals surface area (Å²) in [5, 5.41) is 27.8. The van der Waals surface area contributed by atoms with Crippen LogP contribution in [0.1, 0.15) is 47.0 Å². The molecule has 0 saturated heterocycles. The molecule has 3 N–H and O–H groups in total. The summed E-state index contributed by atoms with van der Waals surface area (Å²) < 4.78 is 0. The van der Waals surface area contributed by atoms with Crippen LogP contribution in [0.5, 0.6) is 0 Å². The zero-order valence-corrected chi connectivity index (χ0v) is 9.04. The van der Waals surface area contributed by atoms with Crippen LogP contribution in [0.2, 0.25) is 0 Å². The summed E-state index contributed by atoms with van der Waals surface area (Å²) in [4.78, 5) is 0. The second kappa shape index (κ2) is 4.40. The second-order valence-corrected chi connectivity index (χ2v) is 3.92. The Morgan fingerprint density at radius 2 is 1.38 bits per heavy atom. The molecular weight excluding hydrogens is 168 g/mol. The van der Waals surface area contributed by atoms with Crippen LogP contribution in [0.3, 0.4) is 0 Å². The van der Waals surface area contributed by atoms with E-state index < -0.39 is 11.4 Å². The Hall–Kier alpha value is -0.120. The first kappa shape index (κ1) is 12.9. The predicted octanol–water partition coefficient (Wildman–Crippen LogP) is 1.47. The van der Waals surface area contributed by atoms with E-state index in [2.05, 4.69) is 0 Å². The first-order chi connectivity index (χ1) is 5.83. The molecule has 13 heavy (non-hydrogen) atoms. The Bertz CT molecular complexity index is 147. The molecule has 0 aromatic carbocycles. The third-order valence-electron chi connectivity index (χ3n) is 3.39. The van der Waals surface area contributed by atoms with E-state index in [4.69, 9.17) is 0 Å². The highest BCUT2D eigenvalue weighted by atomic mass is 16.7. The van der Waals surface area contributed by atoms with Gasteiger partial charge >= 0.3 is 0 Å². The van der Waals surface area contributed by atoms with Crippen LogP contribution < -0.4 is 0 Å². The summed E-state index contributed by atoms with van der Waals surface area (Å²) in [5.41, 5.74) is -0.837. The largest absolute Gasteiger partial charge is 0.343 e. The topological polar surface area (TPSA) is 60.7 Å². The molecule has 0 aromatic heterocycles. The summed E-state index contributed by atoms with van der Waals surface area (Å²) in [6.07, 6.45) is 2.22. The first-order valence-electron chi connectivity index (χ1n) is 5.00. The van der Waals surface area contributed by atoms with Crippen molar-refractivity contribution in [1.82, 2.24) is 0 Å². The van der Waals surface area contributed by atoms with Crippen LogP contribution in [-0.4, -0.2) is 21.3 Å². The second-order valence-electron chi connectivity index (χ2n) is 3.92. The van der Waals surface area contributed by atoms with E-state index in [9.17, 15) is 15.3 Å². The minimum absolute atomic E-state index is 0.123. The summed E-state index contributed by atoms with van der Waals surface area (Å²) in [5.74, 6) is -2.45. The fourth-order valence-corrected chi connectivity index (χ4v) is 1.99. The Labute approximate surface area is 80.4 Å². The third-order valence-corrected chi connectivity index (χ3v) is 3.39. The molecule has 0 rings (SSSR count). The first-order valence-corrected chi connectivity index (χ1v) is 5.00. The van der Waals surface area contributed by atoms with E-state index in [1.807, 2.05) is 20.8 Å². The molecule has 0 aliphatic heterocycles.